The highest BCUT2D eigenvalue weighted by molar-refractivity contribution is 5.91. The number of hydrogen-bond donors (Lipinski definition) is 1. The highest BCUT2D eigenvalue weighted by Gasteiger charge is 2.19. The van der Waals surface area contributed by atoms with Gasteiger partial charge in [0.25, 0.3) is 5.91 Å². The van der Waals surface area contributed by atoms with Crippen LogP contribution >= 0.6 is 0 Å². The van der Waals surface area contributed by atoms with Gasteiger partial charge in [0, 0.05) is 26.2 Å². The number of hydrogen-bond acceptors (Lipinski definition) is 4. The molecule has 26 heavy (non-hydrogen) atoms. The van der Waals surface area contributed by atoms with Crippen LogP contribution in [0.1, 0.15) is 47.7 Å². The van der Waals surface area contributed by atoms with Gasteiger partial charge in [-0.2, -0.15) is 0 Å². The van der Waals surface area contributed by atoms with Crippen molar-refractivity contribution in [3.63, 3.8) is 0 Å². The van der Waals surface area contributed by atoms with Crippen molar-refractivity contribution in [3.05, 3.63) is 59.5 Å². The molecule has 2 aromatic rings. The van der Waals surface area contributed by atoms with E-state index in [9.17, 15) is 4.79 Å². The smallest absolute Gasteiger partial charge is 0.287 e. The maximum Gasteiger partial charge on any atom is 0.287 e. The van der Waals surface area contributed by atoms with Gasteiger partial charge in [-0.05, 0) is 31.2 Å². The molecular formula is C21H29N3O2. The number of piperazine rings is 1. The molecule has 0 radical (unpaired) electrons. The number of benzene rings is 1. The summed E-state index contributed by atoms with van der Waals surface area (Å²) in [5.41, 5.74) is 1.13. The Hall–Kier alpha value is -2.11. The highest BCUT2D eigenvalue weighted by atomic mass is 16.4. The van der Waals surface area contributed by atoms with E-state index < -0.39 is 0 Å². The average Bonchev–Trinajstić information content (AvgIpc) is 3.13. The minimum absolute atomic E-state index is 0.0138. The van der Waals surface area contributed by atoms with Crippen LogP contribution in [-0.4, -0.2) is 48.9 Å². The molecule has 1 saturated heterocycles. The van der Waals surface area contributed by atoms with Gasteiger partial charge in [-0.25, -0.2) is 0 Å². The SMILES string of the molecule is CCCC(NC(=O)c1ccc(CN2CCN(C)CC2)o1)c1ccccc1. The first kappa shape index (κ1) is 18.7. The normalized spacial score (nSPS) is 17.2. The molecule has 3 rings (SSSR count). The van der Waals surface area contributed by atoms with Crippen LogP contribution < -0.4 is 5.32 Å². The molecule has 1 unspecified atom stereocenters. The number of amides is 1. The first-order valence-corrected chi connectivity index (χ1v) is 9.51. The number of carbonyl (C=O) groups is 1. The minimum atomic E-state index is -0.142. The monoisotopic (exact) mass is 355 g/mol. The Balaban J connectivity index is 1.60. The number of carbonyl (C=O) groups excluding carboxylic acids is 1. The third-order valence-corrected chi connectivity index (χ3v) is 4.95. The third-order valence-electron chi connectivity index (χ3n) is 4.95. The molecule has 1 aromatic heterocycles. The zero-order valence-corrected chi connectivity index (χ0v) is 15.8. The molecule has 5 heteroatoms. The lowest BCUT2D eigenvalue weighted by Gasteiger charge is -2.31. The van der Waals surface area contributed by atoms with E-state index in [1.165, 1.54) is 0 Å². The number of rotatable bonds is 7. The van der Waals surface area contributed by atoms with E-state index >= 15 is 0 Å². The van der Waals surface area contributed by atoms with E-state index in [-0.39, 0.29) is 11.9 Å². The highest BCUT2D eigenvalue weighted by Crippen LogP contribution is 2.20. The molecule has 1 N–H and O–H groups in total. The number of nitrogens with zero attached hydrogens (tertiary/aromatic N) is 2. The molecule has 2 heterocycles. The number of nitrogens with one attached hydrogen (secondary N) is 1. The number of likely N-dealkylation sites (N-methyl/N-ethyl adjacent to an activating group) is 1. The van der Waals surface area contributed by atoms with Crippen molar-refractivity contribution in [2.24, 2.45) is 0 Å². The van der Waals surface area contributed by atoms with E-state index in [2.05, 4.69) is 41.2 Å². The summed E-state index contributed by atoms with van der Waals surface area (Å²) in [7, 11) is 2.14. The summed E-state index contributed by atoms with van der Waals surface area (Å²) < 4.78 is 5.82. The minimum Gasteiger partial charge on any atom is -0.455 e. The summed E-state index contributed by atoms with van der Waals surface area (Å²) in [6, 6.07) is 13.8. The standard InChI is InChI=1S/C21H29N3O2/c1-3-7-19(17-8-5-4-6-9-17)22-21(25)20-11-10-18(26-20)16-24-14-12-23(2)13-15-24/h4-6,8-11,19H,3,7,12-16H2,1-2H3,(H,22,25). The van der Waals surface area contributed by atoms with E-state index in [4.69, 9.17) is 4.42 Å². The predicted octanol–water partition coefficient (Wildman–Crippen LogP) is 3.30. The molecule has 0 bridgehead atoms. The van der Waals surface area contributed by atoms with Crippen molar-refractivity contribution in [3.8, 4) is 0 Å². The van der Waals surface area contributed by atoms with Gasteiger partial charge >= 0.3 is 0 Å². The van der Waals surface area contributed by atoms with Crippen LogP contribution in [0.5, 0.6) is 0 Å². The molecule has 140 valence electrons. The van der Waals surface area contributed by atoms with Crippen molar-refractivity contribution >= 4 is 5.91 Å². The second-order valence-electron chi connectivity index (χ2n) is 7.07. The van der Waals surface area contributed by atoms with Gasteiger partial charge < -0.3 is 14.6 Å². The van der Waals surface area contributed by atoms with Crippen molar-refractivity contribution in [2.75, 3.05) is 33.2 Å². The molecule has 1 fully saturated rings. The molecule has 0 spiro atoms. The zero-order chi connectivity index (χ0) is 18.4. The summed E-state index contributed by atoms with van der Waals surface area (Å²) in [4.78, 5) is 17.3. The predicted molar refractivity (Wildman–Crippen MR) is 103 cm³/mol. The lowest BCUT2D eigenvalue weighted by atomic mass is 10.0. The molecule has 1 aliphatic rings. The quantitative estimate of drug-likeness (QED) is 0.828. The van der Waals surface area contributed by atoms with Crippen molar-refractivity contribution in [1.29, 1.82) is 0 Å². The molecule has 1 aliphatic heterocycles. The van der Waals surface area contributed by atoms with Crippen LogP contribution in [0, 0.1) is 0 Å². The van der Waals surface area contributed by atoms with Gasteiger partial charge in [-0.1, -0.05) is 43.7 Å². The second-order valence-corrected chi connectivity index (χ2v) is 7.07. The lowest BCUT2D eigenvalue weighted by molar-refractivity contribution is 0.0899. The molecule has 1 amide bonds. The Labute approximate surface area is 156 Å². The van der Waals surface area contributed by atoms with E-state index in [1.807, 2.05) is 24.3 Å². The topological polar surface area (TPSA) is 48.7 Å². The average molecular weight is 355 g/mol. The van der Waals surface area contributed by atoms with Crippen LogP contribution in [0.3, 0.4) is 0 Å². The van der Waals surface area contributed by atoms with Crippen molar-refractivity contribution in [2.45, 2.75) is 32.4 Å². The van der Waals surface area contributed by atoms with Crippen molar-refractivity contribution in [1.82, 2.24) is 15.1 Å². The van der Waals surface area contributed by atoms with Gasteiger partial charge in [0.05, 0.1) is 12.6 Å². The van der Waals surface area contributed by atoms with Crippen LogP contribution in [0.4, 0.5) is 0 Å². The van der Waals surface area contributed by atoms with Gasteiger partial charge in [-0.15, -0.1) is 0 Å². The van der Waals surface area contributed by atoms with Crippen LogP contribution in [0.15, 0.2) is 46.9 Å². The first-order chi connectivity index (χ1) is 12.7. The Morgan fingerprint density at radius 3 is 2.54 bits per heavy atom. The van der Waals surface area contributed by atoms with Gasteiger partial charge in [-0.3, -0.25) is 9.69 Å². The summed E-state index contributed by atoms with van der Waals surface area (Å²) >= 11 is 0. The Morgan fingerprint density at radius 2 is 1.85 bits per heavy atom. The Kier molecular flexibility index (Phi) is 6.47. The first-order valence-electron chi connectivity index (χ1n) is 9.51. The molecule has 1 aromatic carbocycles. The van der Waals surface area contributed by atoms with Gasteiger partial charge in [0.1, 0.15) is 5.76 Å². The van der Waals surface area contributed by atoms with E-state index in [0.717, 1.165) is 56.9 Å². The Morgan fingerprint density at radius 1 is 1.12 bits per heavy atom. The maximum atomic E-state index is 12.6. The van der Waals surface area contributed by atoms with Crippen LogP contribution in [-0.2, 0) is 6.54 Å². The van der Waals surface area contributed by atoms with E-state index in [1.54, 1.807) is 6.07 Å². The molecule has 0 saturated carbocycles. The largest absolute Gasteiger partial charge is 0.455 e. The van der Waals surface area contributed by atoms with Gasteiger partial charge in [0.15, 0.2) is 5.76 Å². The molecular weight excluding hydrogens is 326 g/mol. The fourth-order valence-electron chi connectivity index (χ4n) is 3.34. The molecule has 1 atom stereocenters. The van der Waals surface area contributed by atoms with Gasteiger partial charge in [0.2, 0.25) is 0 Å². The Bertz CT molecular complexity index is 690. The summed E-state index contributed by atoms with van der Waals surface area (Å²) in [5.74, 6) is 1.11. The second kappa shape index (κ2) is 9.01. The lowest BCUT2D eigenvalue weighted by Crippen LogP contribution is -2.43. The fraction of sp³-hybridized carbons (Fsp3) is 0.476. The van der Waals surface area contributed by atoms with Crippen LogP contribution in [0.2, 0.25) is 0 Å². The van der Waals surface area contributed by atoms with Crippen LogP contribution in [0.25, 0.3) is 0 Å². The fourth-order valence-corrected chi connectivity index (χ4v) is 3.34. The van der Waals surface area contributed by atoms with E-state index in [0.29, 0.717) is 5.76 Å². The zero-order valence-electron chi connectivity index (χ0n) is 15.8. The number of furan rings is 1. The summed E-state index contributed by atoms with van der Waals surface area (Å²) in [6.45, 7) is 7.10. The third kappa shape index (κ3) is 4.96. The summed E-state index contributed by atoms with van der Waals surface area (Å²) in [6.07, 6.45) is 1.91. The summed E-state index contributed by atoms with van der Waals surface area (Å²) in [5, 5.41) is 3.12. The van der Waals surface area contributed by atoms with Crippen molar-refractivity contribution < 1.29 is 9.21 Å². The molecule has 5 nitrogen and oxygen atoms in total. The molecule has 0 aliphatic carbocycles. The maximum absolute atomic E-state index is 12.6.